The number of amides is 2. The molecule has 6 N–H and O–H groups in total. The molecule has 1 aliphatic heterocycles. The molecule has 10 nitrogen and oxygen atoms in total. The van der Waals surface area contributed by atoms with Crippen LogP contribution in [0.1, 0.15) is 47.8 Å². The first-order chi connectivity index (χ1) is 20.9. The molecule has 0 bridgehead atoms. The number of nitrogens with two attached hydrogens (primary N) is 2. The third-order valence-corrected chi connectivity index (χ3v) is 7.28. The Bertz CT molecular complexity index is 1780. The van der Waals surface area contributed by atoms with Gasteiger partial charge in [0.2, 0.25) is 5.95 Å². The molecule has 1 saturated heterocycles. The number of nitrogen functional groups attached to an aromatic ring is 1. The van der Waals surface area contributed by atoms with Gasteiger partial charge in [-0.3, -0.25) is 4.79 Å². The SMILES string of the molecule is Cc1ccc(Cl)cc1-c1[nH]c(-c2nc(N)ncc2C#Cc2ccc(NCC3CN(C(=O)OC(C)(C)C)C3)cc2)cc1C(N)=O. The zero-order valence-corrected chi connectivity index (χ0v) is 25.7. The highest BCUT2D eigenvalue weighted by Gasteiger charge is 2.33. The van der Waals surface area contributed by atoms with Gasteiger partial charge in [-0.25, -0.2) is 14.8 Å². The number of nitrogens with one attached hydrogen (secondary N) is 2. The first-order valence-corrected chi connectivity index (χ1v) is 14.5. The number of carbonyl (C=O) groups excluding carboxylic acids is 2. The first kappa shape index (κ1) is 30.4. The van der Waals surface area contributed by atoms with E-state index in [2.05, 4.69) is 32.1 Å². The summed E-state index contributed by atoms with van der Waals surface area (Å²) in [5.74, 6) is 6.12. The van der Waals surface area contributed by atoms with Crippen molar-refractivity contribution < 1.29 is 14.3 Å². The highest BCUT2D eigenvalue weighted by Crippen LogP contribution is 2.33. The summed E-state index contributed by atoms with van der Waals surface area (Å²) in [6.45, 7) is 9.59. The van der Waals surface area contributed by atoms with E-state index in [4.69, 9.17) is 27.8 Å². The van der Waals surface area contributed by atoms with Crippen molar-refractivity contribution in [2.45, 2.75) is 33.3 Å². The molecule has 2 amide bonds. The van der Waals surface area contributed by atoms with Crippen LogP contribution >= 0.6 is 11.6 Å². The van der Waals surface area contributed by atoms with E-state index < -0.39 is 11.5 Å². The Hall–Kier alpha value is -5.01. The molecule has 2 aromatic carbocycles. The average molecular weight is 612 g/mol. The fraction of sp³-hybridized carbons (Fsp3) is 0.273. The minimum atomic E-state index is -0.595. The van der Waals surface area contributed by atoms with Crippen LogP contribution in [0, 0.1) is 24.7 Å². The number of halogens is 1. The third-order valence-electron chi connectivity index (χ3n) is 7.04. The summed E-state index contributed by atoms with van der Waals surface area (Å²) < 4.78 is 5.42. The molecule has 4 aromatic rings. The Morgan fingerprint density at radius 1 is 1.14 bits per heavy atom. The van der Waals surface area contributed by atoms with Crippen LogP contribution in [0.5, 0.6) is 0 Å². The second-order valence-electron chi connectivity index (χ2n) is 11.7. The minimum absolute atomic E-state index is 0.0670. The number of primary amides is 1. The Morgan fingerprint density at radius 2 is 1.86 bits per heavy atom. The molecule has 0 aliphatic carbocycles. The van der Waals surface area contributed by atoms with Gasteiger partial charge < -0.3 is 31.4 Å². The van der Waals surface area contributed by atoms with Crippen molar-refractivity contribution in [2.24, 2.45) is 11.7 Å². The maximum Gasteiger partial charge on any atom is 0.410 e. The van der Waals surface area contributed by atoms with Crippen molar-refractivity contribution in [3.8, 4) is 34.5 Å². The molecule has 226 valence electrons. The van der Waals surface area contributed by atoms with Crippen molar-refractivity contribution in [3.05, 3.63) is 82.0 Å². The predicted octanol–water partition coefficient (Wildman–Crippen LogP) is 5.46. The Balaban J connectivity index is 1.29. The molecule has 0 unspecified atom stereocenters. The van der Waals surface area contributed by atoms with Gasteiger partial charge in [-0.15, -0.1) is 0 Å². The smallest absolute Gasteiger partial charge is 0.410 e. The number of hydrogen-bond donors (Lipinski definition) is 4. The molecule has 3 heterocycles. The van der Waals surface area contributed by atoms with Crippen LogP contribution < -0.4 is 16.8 Å². The van der Waals surface area contributed by atoms with Gasteiger partial charge in [-0.05, 0) is 75.7 Å². The van der Waals surface area contributed by atoms with Crippen molar-refractivity contribution >= 4 is 35.2 Å². The Kier molecular flexibility index (Phi) is 8.52. The van der Waals surface area contributed by atoms with Crippen molar-refractivity contribution in [1.29, 1.82) is 0 Å². The summed E-state index contributed by atoms with van der Waals surface area (Å²) in [6.07, 6.45) is 1.28. The van der Waals surface area contributed by atoms with Gasteiger partial charge in [0.25, 0.3) is 5.91 Å². The lowest BCUT2D eigenvalue weighted by Gasteiger charge is -2.39. The van der Waals surface area contributed by atoms with Gasteiger partial charge in [0, 0.05) is 53.6 Å². The molecule has 5 rings (SSSR count). The fourth-order valence-corrected chi connectivity index (χ4v) is 4.96. The molecular formula is C33H34ClN7O3. The quantitative estimate of drug-likeness (QED) is 0.211. The topological polar surface area (TPSA) is 152 Å². The van der Waals surface area contributed by atoms with E-state index in [1.54, 1.807) is 29.3 Å². The maximum absolute atomic E-state index is 12.4. The number of rotatable bonds is 6. The molecule has 0 radical (unpaired) electrons. The summed E-state index contributed by atoms with van der Waals surface area (Å²) in [5, 5.41) is 3.95. The Labute approximate surface area is 261 Å². The highest BCUT2D eigenvalue weighted by atomic mass is 35.5. The molecule has 1 fully saturated rings. The van der Waals surface area contributed by atoms with Crippen LogP contribution in [-0.2, 0) is 4.74 Å². The number of nitrogens with zero attached hydrogens (tertiary/aromatic N) is 3. The number of aryl methyl sites for hydroxylation is 1. The lowest BCUT2D eigenvalue weighted by atomic mass is 10.0. The first-order valence-electron chi connectivity index (χ1n) is 14.1. The standard InChI is InChI=1S/C33H34ClN7O3/c1-19-5-10-23(34)13-25(19)29-26(30(35)42)14-27(39-29)28-22(16-38-31(36)40-28)9-6-20-7-11-24(12-8-20)37-15-21-17-41(18-21)32(43)44-33(2,3)4/h5,7-8,10-14,16,21,37,39H,15,17-18H2,1-4H3,(H2,35,42)(H2,36,38,40). The zero-order chi connectivity index (χ0) is 31.6. The van der Waals surface area contributed by atoms with Gasteiger partial charge in [0.05, 0.1) is 22.5 Å². The summed E-state index contributed by atoms with van der Waals surface area (Å²) in [6, 6.07) is 14.8. The summed E-state index contributed by atoms with van der Waals surface area (Å²) >= 11 is 6.24. The van der Waals surface area contributed by atoms with Gasteiger partial charge in [0.1, 0.15) is 11.3 Å². The van der Waals surface area contributed by atoms with E-state index in [-0.39, 0.29) is 12.0 Å². The van der Waals surface area contributed by atoms with Gasteiger partial charge >= 0.3 is 6.09 Å². The van der Waals surface area contributed by atoms with Crippen LogP contribution in [0.3, 0.4) is 0 Å². The van der Waals surface area contributed by atoms with Crippen molar-refractivity contribution in [3.63, 3.8) is 0 Å². The molecule has 44 heavy (non-hydrogen) atoms. The molecule has 0 atom stereocenters. The lowest BCUT2D eigenvalue weighted by molar-refractivity contribution is 0.000836. The van der Waals surface area contributed by atoms with Gasteiger partial charge in [0.15, 0.2) is 0 Å². The average Bonchev–Trinajstić information content (AvgIpc) is 3.38. The summed E-state index contributed by atoms with van der Waals surface area (Å²) in [7, 11) is 0. The fourth-order valence-electron chi connectivity index (χ4n) is 4.79. The number of hydrogen-bond acceptors (Lipinski definition) is 7. The number of ether oxygens (including phenoxy) is 1. The lowest BCUT2D eigenvalue weighted by Crippen LogP contribution is -2.53. The van der Waals surface area contributed by atoms with E-state index in [0.29, 0.717) is 52.2 Å². The van der Waals surface area contributed by atoms with E-state index >= 15 is 0 Å². The number of H-pyrrole nitrogens is 1. The molecule has 2 aromatic heterocycles. The predicted molar refractivity (Wildman–Crippen MR) is 172 cm³/mol. The van der Waals surface area contributed by atoms with E-state index in [9.17, 15) is 9.59 Å². The van der Waals surface area contributed by atoms with E-state index in [0.717, 1.165) is 28.9 Å². The minimum Gasteiger partial charge on any atom is -0.444 e. The molecule has 0 spiro atoms. The number of likely N-dealkylation sites (tertiary alicyclic amines) is 1. The zero-order valence-electron chi connectivity index (χ0n) is 25.0. The van der Waals surface area contributed by atoms with Crippen molar-refractivity contribution in [1.82, 2.24) is 19.9 Å². The summed E-state index contributed by atoms with van der Waals surface area (Å²) in [4.78, 5) is 38.0. The normalized spacial score (nSPS) is 13.1. The third kappa shape index (κ3) is 7.13. The van der Waals surface area contributed by atoms with Gasteiger partial charge in [-0.1, -0.05) is 29.5 Å². The van der Waals surface area contributed by atoms with Crippen LogP contribution in [0.25, 0.3) is 22.6 Å². The van der Waals surface area contributed by atoms with E-state index in [1.165, 1.54) is 0 Å². The number of benzene rings is 2. The number of aromatic amines is 1. The van der Waals surface area contributed by atoms with E-state index in [1.807, 2.05) is 58.0 Å². The second kappa shape index (κ2) is 12.3. The highest BCUT2D eigenvalue weighted by molar-refractivity contribution is 6.31. The Morgan fingerprint density at radius 3 is 2.55 bits per heavy atom. The largest absolute Gasteiger partial charge is 0.444 e. The number of aromatic nitrogens is 3. The van der Waals surface area contributed by atoms with Crippen LogP contribution in [0.2, 0.25) is 5.02 Å². The summed E-state index contributed by atoms with van der Waals surface area (Å²) in [5.41, 5.74) is 16.9. The molecular weight excluding hydrogens is 578 g/mol. The monoisotopic (exact) mass is 611 g/mol. The maximum atomic E-state index is 12.4. The molecule has 1 aliphatic rings. The van der Waals surface area contributed by atoms with Crippen LogP contribution in [0.4, 0.5) is 16.4 Å². The van der Waals surface area contributed by atoms with Crippen molar-refractivity contribution in [2.75, 3.05) is 30.7 Å². The second-order valence-corrected chi connectivity index (χ2v) is 12.2. The molecule has 0 saturated carbocycles. The van der Waals surface area contributed by atoms with Crippen LogP contribution in [0.15, 0.2) is 54.7 Å². The number of anilines is 2. The van der Waals surface area contributed by atoms with Crippen LogP contribution in [-0.4, -0.2) is 57.1 Å². The van der Waals surface area contributed by atoms with Gasteiger partial charge in [-0.2, -0.15) is 0 Å². The molecule has 11 heteroatoms. The number of carbonyl (C=O) groups is 2.